The van der Waals surface area contributed by atoms with Crippen LogP contribution in [0.5, 0.6) is 5.75 Å². The molecule has 0 spiro atoms. The number of methoxy groups -OCH3 is 1. The fraction of sp³-hybridized carbons (Fsp3) is 0.417. The zero-order valence-corrected chi connectivity index (χ0v) is 19.3. The lowest BCUT2D eigenvalue weighted by atomic mass is 9.88. The van der Waals surface area contributed by atoms with Crippen molar-refractivity contribution in [1.29, 1.82) is 0 Å². The summed E-state index contributed by atoms with van der Waals surface area (Å²) in [6.07, 6.45) is 6.83. The van der Waals surface area contributed by atoms with E-state index < -0.39 is 10.0 Å². The minimum Gasteiger partial charge on any atom is -0.497 e. The largest absolute Gasteiger partial charge is 0.497 e. The number of benzene rings is 2. The number of hydrazone groups is 1. The molecule has 1 amide bonds. The maximum atomic E-state index is 13.4. The summed E-state index contributed by atoms with van der Waals surface area (Å²) in [7, 11) is -1.76. The van der Waals surface area contributed by atoms with Crippen LogP contribution in [-0.4, -0.2) is 38.4 Å². The average Bonchev–Trinajstić information content (AvgIpc) is 3.24. The lowest BCUT2D eigenvalue weighted by Gasteiger charge is -2.28. The van der Waals surface area contributed by atoms with Crippen LogP contribution in [0.15, 0.2) is 53.6 Å². The van der Waals surface area contributed by atoms with E-state index in [1.165, 1.54) is 6.42 Å². The number of hydrogen-bond acceptors (Lipinski definition) is 5. The Morgan fingerprint density at radius 3 is 2.47 bits per heavy atom. The van der Waals surface area contributed by atoms with E-state index >= 15 is 0 Å². The highest BCUT2D eigenvalue weighted by atomic mass is 32.2. The van der Waals surface area contributed by atoms with Crippen LogP contribution >= 0.6 is 0 Å². The Balaban J connectivity index is 1.66. The van der Waals surface area contributed by atoms with Crippen molar-refractivity contribution < 1.29 is 17.9 Å². The number of hydrogen-bond donors (Lipinski definition) is 1. The van der Waals surface area contributed by atoms with Gasteiger partial charge in [-0.3, -0.25) is 9.52 Å². The summed E-state index contributed by atoms with van der Waals surface area (Å²) in [5, 5.41) is 6.42. The number of carbonyl (C=O) groups excluding carboxylic acids is 1. The van der Waals surface area contributed by atoms with E-state index in [2.05, 4.69) is 4.72 Å². The smallest absolute Gasteiger partial charge is 0.246 e. The Kier molecular flexibility index (Phi) is 6.50. The normalized spacial score (nSPS) is 19.5. The molecule has 0 radical (unpaired) electrons. The molecular weight excluding hydrogens is 426 g/mol. The van der Waals surface area contributed by atoms with Crippen molar-refractivity contribution in [2.75, 3.05) is 18.1 Å². The summed E-state index contributed by atoms with van der Waals surface area (Å²) >= 11 is 0. The first-order valence-corrected chi connectivity index (χ1v) is 12.9. The average molecular weight is 456 g/mol. The van der Waals surface area contributed by atoms with E-state index in [1.807, 2.05) is 30.3 Å². The molecule has 2 aliphatic rings. The number of ether oxygens (including phenoxy) is 1. The second-order valence-corrected chi connectivity index (χ2v) is 10.3. The van der Waals surface area contributed by atoms with Crippen molar-refractivity contribution in [3.05, 3.63) is 59.7 Å². The summed E-state index contributed by atoms with van der Waals surface area (Å²) in [6, 6.07) is 14.7. The van der Waals surface area contributed by atoms with Crippen LogP contribution in [0.3, 0.4) is 0 Å². The molecule has 1 aliphatic heterocycles. The van der Waals surface area contributed by atoms with Gasteiger partial charge in [0.05, 0.1) is 25.1 Å². The maximum absolute atomic E-state index is 13.4. The molecule has 7 nitrogen and oxygen atoms in total. The van der Waals surface area contributed by atoms with E-state index in [0.717, 1.165) is 54.5 Å². The Morgan fingerprint density at radius 1 is 1.09 bits per heavy atom. The molecule has 1 aliphatic carbocycles. The third kappa shape index (κ3) is 5.12. The molecular formula is C24H29N3O4S. The van der Waals surface area contributed by atoms with Crippen molar-refractivity contribution in [2.45, 2.75) is 44.6 Å². The highest BCUT2D eigenvalue weighted by molar-refractivity contribution is 7.92. The molecule has 1 N–H and O–H groups in total. The molecule has 1 atom stereocenters. The topological polar surface area (TPSA) is 88.1 Å². The molecule has 1 fully saturated rings. The van der Waals surface area contributed by atoms with E-state index in [-0.39, 0.29) is 17.9 Å². The predicted octanol–water partition coefficient (Wildman–Crippen LogP) is 4.32. The second-order valence-electron chi connectivity index (χ2n) is 8.51. The molecule has 8 heteroatoms. The third-order valence-corrected chi connectivity index (χ3v) is 6.70. The molecule has 0 saturated heterocycles. The summed E-state index contributed by atoms with van der Waals surface area (Å²) in [5.74, 6) is 0.842. The predicted molar refractivity (Wildman–Crippen MR) is 125 cm³/mol. The van der Waals surface area contributed by atoms with Crippen LogP contribution in [0.4, 0.5) is 5.69 Å². The van der Waals surface area contributed by atoms with Gasteiger partial charge < -0.3 is 4.74 Å². The summed E-state index contributed by atoms with van der Waals surface area (Å²) < 4.78 is 31.1. The quantitative estimate of drug-likeness (QED) is 0.702. The van der Waals surface area contributed by atoms with Crippen LogP contribution < -0.4 is 9.46 Å². The second kappa shape index (κ2) is 9.32. The van der Waals surface area contributed by atoms with Crippen LogP contribution in [0, 0.1) is 5.92 Å². The third-order valence-electron chi connectivity index (χ3n) is 6.09. The summed E-state index contributed by atoms with van der Waals surface area (Å²) in [5.41, 5.74) is 3.05. The van der Waals surface area contributed by atoms with Crippen molar-refractivity contribution >= 4 is 27.3 Å². The zero-order chi connectivity index (χ0) is 22.7. The lowest BCUT2D eigenvalue weighted by Crippen LogP contribution is -2.33. The van der Waals surface area contributed by atoms with E-state index in [4.69, 9.17) is 9.84 Å². The Hall–Kier alpha value is -2.87. The van der Waals surface area contributed by atoms with Crippen LogP contribution in [-0.2, 0) is 14.8 Å². The fourth-order valence-electron chi connectivity index (χ4n) is 4.49. The first kappa shape index (κ1) is 22.3. The summed E-state index contributed by atoms with van der Waals surface area (Å²) in [6.45, 7) is 0. The standard InChI is InChI=1S/C24H29N3O4S/c1-31-21-13-11-17(12-14-21)23-16-22(19-9-6-10-20(15-19)26-32(2,29)30)25-27(23)24(28)18-7-4-3-5-8-18/h6,9-15,18,23,26H,3-5,7-8,16H2,1-2H3. The van der Waals surface area contributed by atoms with Gasteiger partial charge in [0.2, 0.25) is 15.9 Å². The number of amides is 1. The van der Waals surface area contributed by atoms with E-state index in [0.29, 0.717) is 12.1 Å². The van der Waals surface area contributed by atoms with Gasteiger partial charge in [0.1, 0.15) is 5.75 Å². The van der Waals surface area contributed by atoms with Gasteiger partial charge in [-0.05, 0) is 48.2 Å². The zero-order valence-electron chi connectivity index (χ0n) is 18.5. The van der Waals surface area contributed by atoms with Crippen molar-refractivity contribution in [1.82, 2.24) is 5.01 Å². The van der Waals surface area contributed by atoms with Crippen molar-refractivity contribution in [2.24, 2.45) is 11.0 Å². The van der Waals surface area contributed by atoms with Gasteiger partial charge in [0, 0.05) is 18.0 Å². The molecule has 32 heavy (non-hydrogen) atoms. The Labute approximate surface area is 189 Å². The molecule has 2 aromatic rings. The monoisotopic (exact) mass is 455 g/mol. The van der Waals surface area contributed by atoms with Gasteiger partial charge in [-0.1, -0.05) is 43.5 Å². The Bertz CT molecular complexity index is 1110. The number of sulfonamides is 1. The molecule has 170 valence electrons. The van der Waals surface area contributed by atoms with E-state index in [1.54, 1.807) is 30.3 Å². The van der Waals surface area contributed by atoms with Gasteiger partial charge in [0.25, 0.3) is 0 Å². The molecule has 0 aromatic heterocycles. The van der Waals surface area contributed by atoms with Gasteiger partial charge in [-0.15, -0.1) is 0 Å². The van der Waals surface area contributed by atoms with Crippen LogP contribution in [0.1, 0.15) is 55.7 Å². The number of rotatable bonds is 6. The molecule has 1 heterocycles. The molecule has 2 aromatic carbocycles. The van der Waals surface area contributed by atoms with Crippen LogP contribution in [0.25, 0.3) is 0 Å². The van der Waals surface area contributed by atoms with Crippen molar-refractivity contribution in [3.8, 4) is 5.75 Å². The number of anilines is 1. The molecule has 0 bridgehead atoms. The molecule has 1 saturated carbocycles. The lowest BCUT2D eigenvalue weighted by molar-refractivity contribution is -0.138. The first-order valence-electron chi connectivity index (χ1n) is 11.0. The first-order chi connectivity index (χ1) is 15.3. The number of carbonyl (C=O) groups is 1. The number of nitrogens with one attached hydrogen (secondary N) is 1. The minimum absolute atomic E-state index is 0.00540. The highest BCUT2D eigenvalue weighted by Crippen LogP contribution is 2.37. The summed E-state index contributed by atoms with van der Waals surface area (Å²) in [4.78, 5) is 13.4. The van der Waals surface area contributed by atoms with Crippen molar-refractivity contribution in [3.63, 3.8) is 0 Å². The molecule has 4 rings (SSSR count). The molecule has 1 unspecified atom stereocenters. The van der Waals surface area contributed by atoms with Gasteiger partial charge in [0.15, 0.2) is 0 Å². The van der Waals surface area contributed by atoms with Gasteiger partial charge in [-0.2, -0.15) is 5.10 Å². The number of nitrogens with zero attached hydrogens (tertiary/aromatic N) is 2. The van der Waals surface area contributed by atoms with Gasteiger partial charge in [-0.25, -0.2) is 13.4 Å². The van der Waals surface area contributed by atoms with Crippen LogP contribution in [0.2, 0.25) is 0 Å². The van der Waals surface area contributed by atoms with E-state index in [9.17, 15) is 13.2 Å². The highest BCUT2D eigenvalue weighted by Gasteiger charge is 2.36. The Morgan fingerprint density at radius 2 is 1.81 bits per heavy atom. The fourth-order valence-corrected chi connectivity index (χ4v) is 5.04. The maximum Gasteiger partial charge on any atom is 0.246 e. The SMILES string of the molecule is COc1ccc(C2CC(c3cccc(NS(C)(=O)=O)c3)=NN2C(=O)C2CCCCC2)cc1. The minimum atomic E-state index is -3.38. The van der Waals surface area contributed by atoms with Gasteiger partial charge >= 0.3 is 0 Å².